The van der Waals surface area contributed by atoms with Crippen LogP contribution in [0.2, 0.25) is 5.15 Å². The van der Waals surface area contributed by atoms with Gasteiger partial charge >= 0.3 is 5.69 Å². The molecule has 0 radical (unpaired) electrons. The van der Waals surface area contributed by atoms with E-state index in [-0.39, 0.29) is 10.9 Å². The molecule has 1 aromatic rings. The zero-order valence-corrected chi connectivity index (χ0v) is 9.89. The van der Waals surface area contributed by atoms with Crippen LogP contribution in [0.5, 0.6) is 0 Å². The number of aromatic amines is 1. The molecule has 7 heteroatoms. The van der Waals surface area contributed by atoms with Crippen molar-refractivity contribution in [1.82, 2.24) is 9.55 Å². The van der Waals surface area contributed by atoms with Crippen LogP contribution >= 0.6 is 11.6 Å². The number of rotatable bonds is 3. The molecule has 84 valence electrons. The highest BCUT2D eigenvalue weighted by molar-refractivity contribution is 7.84. The summed E-state index contributed by atoms with van der Waals surface area (Å²) in [5.74, 6) is 0.255. The molecular formula is C8H11ClN2O3S. The largest absolute Gasteiger partial charge is 0.329 e. The summed E-state index contributed by atoms with van der Waals surface area (Å²) in [6, 6.07) is 0.710. The van der Waals surface area contributed by atoms with Gasteiger partial charge in [-0.2, -0.15) is 0 Å². The molecule has 0 aromatic carbocycles. The highest BCUT2D eigenvalue weighted by atomic mass is 35.5. The molecule has 0 aliphatic heterocycles. The van der Waals surface area contributed by atoms with Gasteiger partial charge in [0.15, 0.2) is 0 Å². The third-order valence-corrected chi connectivity index (χ3v) is 3.00. The molecule has 0 amide bonds. The fourth-order valence-electron chi connectivity index (χ4n) is 1.31. The minimum absolute atomic E-state index is 0.00562. The summed E-state index contributed by atoms with van der Waals surface area (Å²) in [6.45, 7) is 1.66. The molecule has 0 aliphatic rings. The second kappa shape index (κ2) is 4.76. The van der Waals surface area contributed by atoms with Crippen molar-refractivity contribution in [3.8, 4) is 0 Å². The van der Waals surface area contributed by atoms with Crippen LogP contribution in [-0.4, -0.2) is 25.8 Å². The summed E-state index contributed by atoms with van der Waals surface area (Å²) >= 11 is 5.50. The summed E-state index contributed by atoms with van der Waals surface area (Å²) in [6.07, 6.45) is 1.52. The maximum Gasteiger partial charge on any atom is 0.329 e. The van der Waals surface area contributed by atoms with Gasteiger partial charge < -0.3 is 0 Å². The molecule has 0 bridgehead atoms. The molecule has 15 heavy (non-hydrogen) atoms. The molecule has 0 fully saturated rings. The molecule has 2 unspecified atom stereocenters. The van der Waals surface area contributed by atoms with E-state index < -0.39 is 28.1 Å². The van der Waals surface area contributed by atoms with Gasteiger partial charge in [-0.05, 0) is 6.92 Å². The number of hydrogen-bond acceptors (Lipinski definition) is 3. The highest BCUT2D eigenvalue weighted by Gasteiger charge is 2.12. The Morgan fingerprint density at radius 1 is 1.60 bits per heavy atom. The average molecular weight is 251 g/mol. The molecule has 1 heterocycles. The predicted octanol–water partition coefficient (Wildman–Crippen LogP) is 0.130. The van der Waals surface area contributed by atoms with Crippen LogP contribution in [0.25, 0.3) is 0 Å². The topological polar surface area (TPSA) is 71.9 Å². The van der Waals surface area contributed by atoms with Crippen LogP contribution in [-0.2, 0) is 10.8 Å². The van der Waals surface area contributed by atoms with Gasteiger partial charge in [0.2, 0.25) is 0 Å². The second-order valence-electron chi connectivity index (χ2n) is 3.22. The molecule has 0 saturated heterocycles. The third-order valence-electron chi connectivity index (χ3n) is 1.85. The van der Waals surface area contributed by atoms with Crippen LogP contribution in [0, 0.1) is 0 Å². The first-order valence-corrected chi connectivity index (χ1v) is 6.33. The van der Waals surface area contributed by atoms with Crippen LogP contribution in [0.1, 0.15) is 13.0 Å². The molecular weight excluding hydrogens is 240 g/mol. The van der Waals surface area contributed by atoms with E-state index in [1.807, 2.05) is 0 Å². The van der Waals surface area contributed by atoms with E-state index in [9.17, 15) is 13.8 Å². The van der Waals surface area contributed by atoms with E-state index in [1.54, 1.807) is 6.92 Å². The van der Waals surface area contributed by atoms with Gasteiger partial charge in [-0.15, -0.1) is 0 Å². The van der Waals surface area contributed by atoms with Gasteiger partial charge in [0.25, 0.3) is 5.56 Å². The van der Waals surface area contributed by atoms with E-state index in [1.165, 1.54) is 6.26 Å². The van der Waals surface area contributed by atoms with E-state index in [4.69, 9.17) is 11.6 Å². The maximum absolute atomic E-state index is 11.4. The van der Waals surface area contributed by atoms with Crippen molar-refractivity contribution in [2.75, 3.05) is 12.0 Å². The highest BCUT2D eigenvalue weighted by Crippen LogP contribution is 2.01. The standard InChI is InChI=1S/C8H11ClN2O3S/c1-5(4-15(2)14)11-7(12)3-6(9)10-8(11)13/h3,5H,4H2,1-2H3,(H,10,13). The quantitative estimate of drug-likeness (QED) is 0.775. The Kier molecular flexibility index (Phi) is 3.87. The first-order chi connectivity index (χ1) is 6.91. The van der Waals surface area contributed by atoms with Crippen molar-refractivity contribution in [1.29, 1.82) is 0 Å². The summed E-state index contributed by atoms with van der Waals surface area (Å²) in [5.41, 5.74) is -1.06. The first-order valence-electron chi connectivity index (χ1n) is 4.23. The SMILES string of the molecule is CC(CS(C)=O)n1c(=O)cc(Cl)[nH]c1=O. The normalized spacial score (nSPS) is 14.9. The molecule has 1 rings (SSSR count). The first kappa shape index (κ1) is 12.2. The summed E-state index contributed by atoms with van der Waals surface area (Å²) < 4.78 is 12.0. The summed E-state index contributed by atoms with van der Waals surface area (Å²) in [4.78, 5) is 25.2. The molecule has 0 spiro atoms. The Morgan fingerprint density at radius 3 is 2.67 bits per heavy atom. The number of hydrogen-bond donors (Lipinski definition) is 1. The predicted molar refractivity (Wildman–Crippen MR) is 60.0 cm³/mol. The zero-order valence-electron chi connectivity index (χ0n) is 8.32. The monoisotopic (exact) mass is 250 g/mol. The third kappa shape index (κ3) is 3.04. The number of nitrogens with zero attached hydrogens (tertiary/aromatic N) is 1. The van der Waals surface area contributed by atoms with Gasteiger partial charge in [0.05, 0.1) is 6.04 Å². The van der Waals surface area contributed by atoms with Crippen molar-refractivity contribution < 1.29 is 4.21 Å². The maximum atomic E-state index is 11.4. The van der Waals surface area contributed by atoms with Crippen molar-refractivity contribution in [2.24, 2.45) is 0 Å². The second-order valence-corrected chi connectivity index (χ2v) is 5.11. The van der Waals surface area contributed by atoms with Crippen molar-refractivity contribution in [3.05, 3.63) is 32.1 Å². The minimum Gasteiger partial charge on any atom is -0.298 e. The summed E-state index contributed by atoms with van der Waals surface area (Å²) in [5, 5.41) is 0.00562. The fraction of sp³-hybridized carbons (Fsp3) is 0.500. The fourth-order valence-corrected chi connectivity index (χ4v) is 2.31. The van der Waals surface area contributed by atoms with E-state index in [0.29, 0.717) is 0 Å². The average Bonchev–Trinajstić information content (AvgIpc) is 1.99. The van der Waals surface area contributed by atoms with Gasteiger partial charge in [0, 0.05) is 28.9 Å². The van der Waals surface area contributed by atoms with Crippen LogP contribution in [0.4, 0.5) is 0 Å². The number of H-pyrrole nitrogens is 1. The van der Waals surface area contributed by atoms with E-state index in [2.05, 4.69) is 4.98 Å². The minimum atomic E-state index is -1.06. The number of nitrogens with one attached hydrogen (secondary N) is 1. The van der Waals surface area contributed by atoms with Gasteiger partial charge in [0.1, 0.15) is 5.15 Å². The molecule has 2 atom stereocenters. The Morgan fingerprint density at radius 2 is 2.20 bits per heavy atom. The van der Waals surface area contributed by atoms with E-state index in [0.717, 1.165) is 10.6 Å². The molecule has 1 aromatic heterocycles. The molecule has 0 saturated carbocycles. The number of aromatic nitrogens is 2. The van der Waals surface area contributed by atoms with Crippen molar-refractivity contribution in [3.63, 3.8) is 0 Å². The molecule has 0 aliphatic carbocycles. The lowest BCUT2D eigenvalue weighted by Gasteiger charge is -2.11. The van der Waals surface area contributed by atoms with Crippen LogP contribution in [0.3, 0.4) is 0 Å². The van der Waals surface area contributed by atoms with Crippen LogP contribution in [0.15, 0.2) is 15.7 Å². The molecule has 5 nitrogen and oxygen atoms in total. The lowest BCUT2D eigenvalue weighted by Crippen LogP contribution is -2.38. The van der Waals surface area contributed by atoms with Gasteiger partial charge in [-0.25, -0.2) is 4.79 Å². The smallest absolute Gasteiger partial charge is 0.298 e. The van der Waals surface area contributed by atoms with E-state index >= 15 is 0 Å². The Labute approximate surface area is 93.5 Å². The van der Waals surface area contributed by atoms with Crippen molar-refractivity contribution in [2.45, 2.75) is 13.0 Å². The Bertz CT molecular complexity index is 462. The van der Waals surface area contributed by atoms with Gasteiger partial charge in [-0.1, -0.05) is 11.6 Å². The lowest BCUT2D eigenvalue weighted by molar-refractivity contribution is 0.547. The molecule has 1 N–H and O–H groups in total. The summed E-state index contributed by atoms with van der Waals surface area (Å²) in [7, 11) is -1.06. The Balaban J connectivity index is 3.20. The Hall–Kier alpha value is -0.880. The van der Waals surface area contributed by atoms with Crippen molar-refractivity contribution >= 4 is 22.4 Å². The van der Waals surface area contributed by atoms with Crippen LogP contribution < -0.4 is 11.2 Å². The number of halogens is 1. The zero-order chi connectivity index (χ0) is 11.6. The lowest BCUT2D eigenvalue weighted by atomic mass is 10.4. The van der Waals surface area contributed by atoms with Gasteiger partial charge in [-0.3, -0.25) is 18.6 Å².